The van der Waals surface area contributed by atoms with Gasteiger partial charge in [-0.1, -0.05) is 26.7 Å². The largest absolute Gasteiger partial charge is 1.00 e. The number of aliphatic hydroxyl groups excluding tert-OH is 2. The van der Waals surface area contributed by atoms with E-state index in [1.54, 1.807) is 0 Å². The van der Waals surface area contributed by atoms with Crippen molar-refractivity contribution >= 4 is 0 Å². The minimum atomic E-state index is 0. The quantitative estimate of drug-likeness (QED) is 0.460. The third-order valence-electron chi connectivity index (χ3n) is 3.12. The molecule has 0 unspecified atom stereocenters. The maximum Gasteiger partial charge on any atom is 0.102 e. The van der Waals surface area contributed by atoms with E-state index in [9.17, 15) is 0 Å². The van der Waals surface area contributed by atoms with Crippen molar-refractivity contribution in [3.63, 3.8) is 0 Å². The Labute approximate surface area is 106 Å². The van der Waals surface area contributed by atoms with Crippen molar-refractivity contribution in [1.29, 1.82) is 0 Å². The van der Waals surface area contributed by atoms with Crippen LogP contribution in [0.2, 0.25) is 0 Å². The molecule has 0 aliphatic carbocycles. The summed E-state index contributed by atoms with van der Waals surface area (Å²) in [6, 6.07) is 0. The number of hydrogen-bond acceptors (Lipinski definition) is 2. The van der Waals surface area contributed by atoms with Gasteiger partial charge >= 0.3 is 0 Å². The zero-order valence-corrected chi connectivity index (χ0v) is 11.5. The number of nitrogens with zero attached hydrogens (tertiary/aromatic N) is 1. The molecule has 0 aliphatic rings. The molecule has 0 bridgehead atoms. The summed E-state index contributed by atoms with van der Waals surface area (Å²) in [6.07, 6.45) is 4.74. The van der Waals surface area contributed by atoms with Crippen molar-refractivity contribution in [1.82, 2.24) is 0 Å². The molecule has 0 atom stereocenters. The smallest absolute Gasteiger partial charge is 0.102 e. The Morgan fingerprint density at radius 3 is 1.38 bits per heavy atom. The van der Waals surface area contributed by atoms with E-state index in [0.717, 1.165) is 30.7 Å². The minimum Gasteiger partial charge on any atom is -1.00 e. The Hall–Kier alpha value is 0.170. The first kappa shape index (κ1) is 18.5. The van der Waals surface area contributed by atoms with Crippen LogP contribution in [-0.2, 0) is 0 Å². The van der Waals surface area contributed by atoms with Gasteiger partial charge in [-0.3, -0.25) is 0 Å². The first-order valence-corrected chi connectivity index (χ1v) is 6.31. The van der Waals surface area contributed by atoms with Crippen LogP contribution in [0.3, 0.4) is 0 Å². The lowest BCUT2D eigenvalue weighted by Gasteiger charge is -2.38. The first-order chi connectivity index (χ1) is 7.24. The number of rotatable bonds is 10. The van der Waals surface area contributed by atoms with Crippen molar-refractivity contribution in [3.8, 4) is 0 Å². The topological polar surface area (TPSA) is 40.5 Å². The van der Waals surface area contributed by atoms with E-state index in [1.165, 1.54) is 25.7 Å². The Morgan fingerprint density at radius 2 is 1.12 bits per heavy atom. The fraction of sp³-hybridized carbons (Fsp3) is 1.00. The summed E-state index contributed by atoms with van der Waals surface area (Å²) in [7, 11) is 0. The molecule has 0 rings (SSSR count). The molecule has 0 amide bonds. The van der Waals surface area contributed by atoms with Gasteiger partial charge in [-0.2, -0.15) is 0 Å². The standard InChI is InChI=1S/C12H28NO2.ClH/c1-3-5-7-13(9-11-14,10-12-15)8-6-4-2;/h14-15H,3-12H2,1-2H3;1H/q+1;/p-1. The summed E-state index contributed by atoms with van der Waals surface area (Å²) in [6.45, 7) is 8.61. The zero-order chi connectivity index (χ0) is 11.6. The Kier molecular flexibility index (Phi) is 13.5. The van der Waals surface area contributed by atoms with Gasteiger partial charge in [0, 0.05) is 0 Å². The van der Waals surface area contributed by atoms with Crippen LogP contribution in [0.15, 0.2) is 0 Å². The number of hydrogen-bond donors (Lipinski definition) is 2. The van der Waals surface area contributed by atoms with E-state index in [4.69, 9.17) is 10.2 Å². The van der Waals surface area contributed by atoms with E-state index in [-0.39, 0.29) is 25.6 Å². The third-order valence-corrected chi connectivity index (χ3v) is 3.12. The first-order valence-electron chi connectivity index (χ1n) is 6.31. The molecule has 16 heavy (non-hydrogen) atoms. The molecule has 0 aromatic carbocycles. The molecule has 4 heteroatoms. The summed E-state index contributed by atoms with van der Waals surface area (Å²) < 4.78 is 0.898. The molecule has 2 N–H and O–H groups in total. The SMILES string of the molecule is CCCC[N+](CCO)(CCO)CCCC.[Cl-]. The summed E-state index contributed by atoms with van der Waals surface area (Å²) in [4.78, 5) is 0. The molecule has 0 aliphatic heterocycles. The molecule has 0 fully saturated rings. The Balaban J connectivity index is 0. The predicted octanol–water partition coefficient (Wildman–Crippen LogP) is -1.61. The third kappa shape index (κ3) is 7.44. The Morgan fingerprint density at radius 1 is 0.750 bits per heavy atom. The fourth-order valence-corrected chi connectivity index (χ4v) is 2.08. The van der Waals surface area contributed by atoms with Crippen molar-refractivity contribution in [3.05, 3.63) is 0 Å². The second-order valence-corrected chi connectivity index (χ2v) is 4.39. The molecule has 0 radical (unpaired) electrons. The van der Waals surface area contributed by atoms with Gasteiger partial charge in [-0.05, 0) is 12.8 Å². The predicted molar refractivity (Wildman–Crippen MR) is 63.7 cm³/mol. The number of unbranched alkanes of at least 4 members (excludes halogenated alkanes) is 2. The molecule has 0 spiro atoms. The molecule has 0 heterocycles. The van der Waals surface area contributed by atoms with E-state index < -0.39 is 0 Å². The summed E-state index contributed by atoms with van der Waals surface area (Å²) in [5, 5.41) is 18.3. The monoisotopic (exact) mass is 253 g/mol. The zero-order valence-electron chi connectivity index (χ0n) is 10.8. The van der Waals surface area contributed by atoms with Gasteiger partial charge in [-0.25, -0.2) is 0 Å². The molecule has 0 aromatic heterocycles. The molecular weight excluding hydrogens is 226 g/mol. The van der Waals surface area contributed by atoms with Crippen LogP contribution >= 0.6 is 0 Å². The van der Waals surface area contributed by atoms with Crippen molar-refractivity contribution in [2.24, 2.45) is 0 Å². The maximum atomic E-state index is 9.13. The van der Waals surface area contributed by atoms with Crippen LogP contribution in [0.4, 0.5) is 0 Å². The maximum absolute atomic E-state index is 9.13. The van der Waals surface area contributed by atoms with Gasteiger partial charge in [0.1, 0.15) is 13.1 Å². The lowest BCUT2D eigenvalue weighted by Crippen LogP contribution is -3.00. The summed E-state index contributed by atoms with van der Waals surface area (Å²) >= 11 is 0. The van der Waals surface area contributed by atoms with Crippen molar-refractivity contribution in [2.45, 2.75) is 39.5 Å². The van der Waals surface area contributed by atoms with E-state index in [2.05, 4.69) is 13.8 Å². The van der Waals surface area contributed by atoms with Crippen LogP contribution in [0, 0.1) is 0 Å². The van der Waals surface area contributed by atoms with Crippen molar-refractivity contribution < 1.29 is 27.1 Å². The van der Waals surface area contributed by atoms with Crippen molar-refractivity contribution in [2.75, 3.05) is 39.4 Å². The van der Waals surface area contributed by atoms with Crippen LogP contribution < -0.4 is 12.4 Å². The van der Waals surface area contributed by atoms with E-state index in [0.29, 0.717) is 0 Å². The highest BCUT2D eigenvalue weighted by molar-refractivity contribution is 4.47. The molecule has 0 aromatic rings. The van der Waals surface area contributed by atoms with Gasteiger partial charge in [0.05, 0.1) is 26.3 Å². The number of quaternary nitrogens is 1. The van der Waals surface area contributed by atoms with Crippen LogP contribution in [-0.4, -0.2) is 54.1 Å². The summed E-state index contributed by atoms with van der Waals surface area (Å²) in [5.74, 6) is 0. The number of halogens is 1. The average molecular weight is 254 g/mol. The highest BCUT2D eigenvalue weighted by atomic mass is 35.5. The fourth-order valence-electron chi connectivity index (χ4n) is 2.08. The second kappa shape index (κ2) is 11.6. The van der Waals surface area contributed by atoms with Gasteiger partial charge in [0.25, 0.3) is 0 Å². The average Bonchev–Trinajstić information content (AvgIpc) is 2.24. The normalized spacial score (nSPS) is 11.2. The Bertz CT molecular complexity index is 129. The van der Waals surface area contributed by atoms with Crippen LogP contribution in [0.5, 0.6) is 0 Å². The lowest BCUT2D eigenvalue weighted by molar-refractivity contribution is -0.929. The van der Waals surface area contributed by atoms with E-state index in [1.807, 2.05) is 0 Å². The van der Waals surface area contributed by atoms with Crippen LogP contribution in [0.25, 0.3) is 0 Å². The van der Waals surface area contributed by atoms with Gasteiger partial charge < -0.3 is 27.1 Å². The lowest BCUT2D eigenvalue weighted by atomic mass is 10.2. The highest BCUT2D eigenvalue weighted by Gasteiger charge is 2.24. The minimum absolute atomic E-state index is 0. The van der Waals surface area contributed by atoms with E-state index >= 15 is 0 Å². The molecule has 100 valence electrons. The van der Waals surface area contributed by atoms with Gasteiger partial charge in [0.15, 0.2) is 0 Å². The second-order valence-electron chi connectivity index (χ2n) is 4.39. The molecule has 0 saturated carbocycles. The molecule has 3 nitrogen and oxygen atoms in total. The molecule has 0 saturated heterocycles. The van der Waals surface area contributed by atoms with Crippen LogP contribution in [0.1, 0.15) is 39.5 Å². The van der Waals surface area contributed by atoms with Gasteiger partial charge in [0.2, 0.25) is 0 Å². The highest BCUT2D eigenvalue weighted by Crippen LogP contribution is 2.11. The van der Waals surface area contributed by atoms with Gasteiger partial charge in [-0.15, -0.1) is 0 Å². The molecular formula is C12H28ClNO2. The summed E-state index contributed by atoms with van der Waals surface area (Å²) in [5.41, 5.74) is 0. The number of aliphatic hydroxyl groups is 2.